The summed E-state index contributed by atoms with van der Waals surface area (Å²) < 4.78 is 7.08. The van der Waals surface area contributed by atoms with Gasteiger partial charge in [0.15, 0.2) is 0 Å². The van der Waals surface area contributed by atoms with Crippen LogP contribution in [-0.4, -0.2) is 22.5 Å². The van der Waals surface area contributed by atoms with Crippen molar-refractivity contribution in [1.29, 1.82) is 0 Å². The minimum atomic E-state index is -0.380. The normalized spacial score (nSPS) is 10.4. The maximum Gasteiger partial charge on any atom is 0.355 e. The maximum atomic E-state index is 11.4. The Balaban J connectivity index is 2.75. The largest absolute Gasteiger partial charge is 0.464 e. The first kappa shape index (κ1) is 9.21. The van der Waals surface area contributed by atoms with E-state index >= 15 is 0 Å². The van der Waals surface area contributed by atoms with Crippen molar-refractivity contribution in [2.24, 2.45) is 0 Å². The Bertz CT molecular complexity index is 493. The summed E-state index contributed by atoms with van der Waals surface area (Å²) in [6.07, 6.45) is 1.64. The van der Waals surface area contributed by atoms with Gasteiger partial charge < -0.3 is 4.74 Å². The molecule has 0 aliphatic carbocycles. The van der Waals surface area contributed by atoms with Crippen LogP contribution in [0.4, 0.5) is 0 Å². The smallest absolute Gasteiger partial charge is 0.355 e. The fourth-order valence-corrected chi connectivity index (χ4v) is 1.74. The van der Waals surface area contributed by atoms with Gasteiger partial charge in [-0.15, -0.1) is 0 Å². The number of carbonyl (C=O) groups excluding carboxylic acids is 1. The van der Waals surface area contributed by atoms with Crippen LogP contribution in [0.25, 0.3) is 5.65 Å². The third-order valence-electron chi connectivity index (χ3n) is 1.88. The number of carbonyl (C=O) groups is 1. The van der Waals surface area contributed by atoms with Gasteiger partial charge in [0.1, 0.15) is 15.9 Å². The monoisotopic (exact) mass is 254 g/mol. The van der Waals surface area contributed by atoms with Gasteiger partial charge in [0.2, 0.25) is 0 Å². The van der Waals surface area contributed by atoms with Gasteiger partial charge in [0.25, 0.3) is 0 Å². The molecule has 2 heterocycles. The van der Waals surface area contributed by atoms with Crippen molar-refractivity contribution in [2.45, 2.75) is 0 Å². The molecular formula is C9H7BrN2O2. The molecule has 2 rings (SSSR count). The first-order valence-corrected chi connectivity index (χ1v) is 4.73. The maximum absolute atomic E-state index is 11.4. The fourth-order valence-electron chi connectivity index (χ4n) is 1.26. The highest BCUT2D eigenvalue weighted by Crippen LogP contribution is 2.16. The lowest BCUT2D eigenvalue weighted by atomic mass is 10.3. The molecule has 0 spiro atoms. The molecule has 0 saturated heterocycles. The molecular weight excluding hydrogens is 248 g/mol. The van der Waals surface area contributed by atoms with Gasteiger partial charge in [0, 0.05) is 0 Å². The fraction of sp³-hybridized carbons (Fsp3) is 0.111. The Kier molecular flexibility index (Phi) is 2.25. The number of methoxy groups -OCH3 is 1. The molecule has 5 heteroatoms. The van der Waals surface area contributed by atoms with Crippen LogP contribution >= 0.6 is 15.9 Å². The van der Waals surface area contributed by atoms with Crippen molar-refractivity contribution in [2.75, 3.05) is 7.11 Å². The number of hydrogen-bond acceptors (Lipinski definition) is 3. The molecule has 0 aliphatic rings. The third-order valence-corrected chi connectivity index (χ3v) is 2.44. The highest BCUT2D eigenvalue weighted by molar-refractivity contribution is 9.10. The second kappa shape index (κ2) is 3.42. The molecule has 0 amide bonds. The average molecular weight is 255 g/mol. The number of ether oxygens (including phenoxy) is 1. The Morgan fingerprint density at radius 2 is 2.36 bits per heavy atom. The minimum Gasteiger partial charge on any atom is -0.464 e. The van der Waals surface area contributed by atoms with Crippen molar-refractivity contribution in [3.05, 3.63) is 34.7 Å². The van der Waals surface area contributed by atoms with E-state index in [0.29, 0.717) is 11.3 Å². The molecule has 0 saturated carbocycles. The molecule has 0 bridgehead atoms. The number of nitrogens with zero attached hydrogens (tertiary/aromatic N) is 2. The zero-order chi connectivity index (χ0) is 10.1. The quantitative estimate of drug-likeness (QED) is 0.731. The summed E-state index contributed by atoms with van der Waals surface area (Å²) >= 11 is 3.31. The van der Waals surface area contributed by atoms with Crippen molar-refractivity contribution in [1.82, 2.24) is 9.38 Å². The highest BCUT2D eigenvalue weighted by atomic mass is 79.9. The van der Waals surface area contributed by atoms with Crippen molar-refractivity contribution < 1.29 is 9.53 Å². The molecule has 0 N–H and O–H groups in total. The Morgan fingerprint density at radius 3 is 3.07 bits per heavy atom. The van der Waals surface area contributed by atoms with E-state index in [0.717, 1.165) is 4.60 Å². The highest BCUT2D eigenvalue weighted by Gasteiger charge is 2.12. The van der Waals surface area contributed by atoms with E-state index in [9.17, 15) is 4.79 Å². The lowest BCUT2D eigenvalue weighted by Gasteiger charge is -2.03. The van der Waals surface area contributed by atoms with Gasteiger partial charge in [-0.25, -0.2) is 9.78 Å². The molecule has 0 aliphatic heterocycles. The third kappa shape index (κ3) is 1.29. The van der Waals surface area contributed by atoms with Gasteiger partial charge in [-0.1, -0.05) is 6.07 Å². The number of halogens is 1. The van der Waals surface area contributed by atoms with Gasteiger partial charge in [-0.2, -0.15) is 0 Å². The van der Waals surface area contributed by atoms with Crippen LogP contribution in [0.2, 0.25) is 0 Å². The van der Waals surface area contributed by atoms with Crippen LogP contribution in [-0.2, 0) is 4.74 Å². The lowest BCUT2D eigenvalue weighted by Crippen LogP contribution is -2.07. The zero-order valence-electron chi connectivity index (χ0n) is 7.40. The zero-order valence-corrected chi connectivity index (χ0v) is 8.98. The van der Waals surface area contributed by atoms with E-state index in [2.05, 4.69) is 25.7 Å². The van der Waals surface area contributed by atoms with E-state index in [-0.39, 0.29) is 5.97 Å². The SMILES string of the molecule is COC(=O)c1cccc2ncc(Br)n12. The molecule has 0 radical (unpaired) electrons. The summed E-state index contributed by atoms with van der Waals surface area (Å²) in [5.74, 6) is -0.380. The van der Waals surface area contributed by atoms with Crippen molar-refractivity contribution in [3.63, 3.8) is 0 Å². The predicted octanol–water partition coefficient (Wildman–Crippen LogP) is 1.88. The number of hydrogen-bond donors (Lipinski definition) is 0. The number of fused-ring (bicyclic) bond motifs is 1. The number of rotatable bonds is 1. The van der Waals surface area contributed by atoms with Gasteiger partial charge in [0.05, 0.1) is 13.3 Å². The van der Waals surface area contributed by atoms with E-state index in [1.807, 2.05) is 6.07 Å². The molecule has 0 aromatic carbocycles. The standard InChI is InChI=1S/C9H7BrN2O2/c1-14-9(13)6-3-2-4-8-11-5-7(10)12(6)8/h2-5H,1H3. The first-order chi connectivity index (χ1) is 6.74. The van der Waals surface area contributed by atoms with E-state index in [1.54, 1.807) is 22.7 Å². The summed E-state index contributed by atoms with van der Waals surface area (Å²) in [5.41, 5.74) is 1.16. The average Bonchev–Trinajstić information content (AvgIpc) is 2.59. The molecule has 2 aromatic heterocycles. The van der Waals surface area contributed by atoms with Crippen LogP contribution in [0.3, 0.4) is 0 Å². The van der Waals surface area contributed by atoms with Crippen LogP contribution in [0.1, 0.15) is 10.5 Å². The summed E-state index contributed by atoms with van der Waals surface area (Å²) in [7, 11) is 1.35. The molecule has 0 unspecified atom stereocenters. The molecule has 0 fully saturated rings. The number of pyridine rings is 1. The lowest BCUT2D eigenvalue weighted by molar-refractivity contribution is 0.0592. The number of esters is 1. The number of aromatic nitrogens is 2. The van der Waals surface area contributed by atoms with Gasteiger partial charge in [-0.3, -0.25) is 4.40 Å². The van der Waals surface area contributed by atoms with Crippen LogP contribution < -0.4 is 0 Å². The summed E-state index contributed by atoms with van der Waals surface area (Å²) in [6.45, 7) is 0. The molecule has 72 valence electrons. The molecule has 0 atom stereocenters. The summed E-state index contributed by atoms with van der Waals surface area (Å²) in [6, 6.07) is 5.27. The predicted molar refractivity (Wildman–Crippen MR) is 54.2 cm³/mol. The molecule has 14 heavy (non-hydrogen) atoms. The van der Waals surface area contributed by atoms with Crippen LogP contribution in [0, 0.1) is 0 Å². The van der Waals surface area contributed by atoms with E-state index in [1.165, 1.54) is 7.11 Å². The Hall–Kier alpha value is -1.36. The number of imidazole rings is 1. The first-order valence-electron chi connectivity index (χ1n) is 3.94. The molecule has 4 nitrogen and oxygen atoms in total. The van der Waals surface area contributed by atoms with E-state index in [4.69, 9.17) is 0 Å². The second-order valence-electron chi connectivity index (χ2n) is 2.68. The van der Waals surface area contributed by atoms with Crippen molar-refractivity contribution >= 4 is 27.5 Å². The molecule has 2 aromatic rings. The Morgan fingerprint density at radius 1 is 1.57 bits per heavy atom. The topological polar surface area (TPSA) is 43.6 Å². The van der Waals surface area contributed by atoms with Crippen LogP contribution in [0.15, 0.2) is 29.0 Å². The van der Waals surface area contributed by atoms with Crippen LogP contribution in [0.5, 0.6) is 0 Å². The van der Waals surface area contributed by atoms with E-state index < -0.39 is 0 Å². The second-order valence-corrected chi connectivity index (χ2v) is 3.49. The minimum absolute atomic E-state index is 0.380. The van der Waals surface area contributed by atoms with Crippen molar-refractivity contribution in [3.8, 4) is 0 Å². The van der Waals surface area contributed by atoms with Gasteiger partial charge >= 0.3 is 5.97 Å². The Labute approximate surface area is 88.6 Å². The van der Waals surface area contributed by atoms with Gasteiger partial charge in [-0.05, 0) is 28.1 Å². The summed E-state index contributed by atoms with van der Waals surface area (Å²) in [5, 5.41) is 0. The summed E-state index contributed by atoms with van der Waals surface area (Å²) in [4.78, 5) is 15.5.